The van der Waals surface area contributed by atoms with E-state index in [0.717, 1.165) is 0 Å². The van der Waals surface area contributed by atoms with Gasteiger partial charge in [0.2, 0.25) is 5.75 Å². The van der Waals surface area contributed by atoms with Gasteiger partial charge in [-0.1, -0.05) is 30.3 Å². The van der Waals surface area contributed by atoms with Crippen molar-refractivity contribution in [1.29, 1.82) is 0 Å². The molecule has 1 fully saturated rings. The van der Waals surface area contributed by atoms with E-state index in [0.29, 0.717) is 25.4 Å². The number of hydrogen-bond donors (Lipinski definition) is 1. The number of halogens is 1. The third-order valence-electron chi connectivity index (χ3n) is 5.03. The topological polar surface area (TPSA) is 108 Å². The number of rotatable bonds is 7. The Labute approximate surface area is 175 Å². The van der Waals surface area contributed by atoms with Crippen LogP contribution < -0.4 is 15.2 Å². The van der Waals surface area contributed by atoms with Crippen LogP contribution in [0.15, 0.2) is 48.5 Å². The molecule has 2 aromatic rings. The number of nitrogens with zero attached hydrogens (tertiary/aromatic N) is 2. The van der Waals surface area contributed by atoms with Crippen LogP contribution in [0, 0.1) is 16.0 Å². The summed E-state index contributed by atoms with van der Waals surface area (Å²) in [5.74, 6) is 0.683. The highest BCUT2D eigenvalue weighted by Gasteiger charge is 2.35. The molecule has 29 heavy (non-hydrogen) atoms. The van der Waals surface area contributed by atoms with Crippen LogP contribution in [-0.4, -0.2) is 49.1 Å². The molecule has 0 radical (unpaired) electrons. The second-order valence-corrected chi connectivity index (χ2v) is 6.69. The van der Waals surface area contributed by atoms with E-state index >= 15 is 0 Å². The highest BCUT2D eigenvalue weighted by Crippen LogP contribution is 2.33. The fourth-order valence-corrected chi connectivity index (χ4v) is 3.53. The van der Waals surface area contributed by atoms with Crippen molar-refractivity contribution in [1.82, 2.24) is 4.90 Å². The molecule has 0 aliphatic carbocycles. The Bertz CT molecular complexity index is 849. The van der Waals surface area contributed by atoms with Gasteiger partial charge >= 0.3 is 5.69 Å². The molecule has 1 amide bonds. The van der Waals surface area contributed by atoms with Gasteiger partial charge in [-0.05, 0) is 24.1 Å². The Morgan fingerprint density at radius 1 is 1.24 bits per heavy atom. The van der Waals surface area contributed by atoms with Gasteiger partial charge in [-0.15, -0.1) is 12.4 Å². The molecular formula is C20H24ClN3O5. The number of hydrogen-bond acceptors (Lipinski definition) is 6. The summed E-state index contributed by atoms with van der Waals surface area (Å²) in [7, 11) is 1.35. The van der Waals surface area contributed by atoms with Gasteiger partial charge in [0, 0.05) is 31.1 Å². The summed E-state index contributed by atoms with van der Waals surface area (Å²) in [6.07, 6.45) is 0. The van der Waals surface area contributed by atoms with E-state index in [4.69, 9.17) is 15.2 Å². The monoisotopic (exact) mass is 421 g/mol. The van der Waals surface area contributed by atoms with Crippen LogP contribution in [0.5, 0.6) is 11.5 Å². The number of nitrogens with two attached hydrogens (primary N) is 1. The summed E-state index contributed by atoms with van der Waals surface area (Å²) in [5.41, 5.74) is 6.94. The fraction of sp³-hybridized carbons (Fsp3) is 0.350. The minimum atomic E-state index is -0.533. The summed E-state index contributed by atoms with van der Waals surface area (Å²) in [6.45, 7) is 1.53. The van der Waals surface area contributed by atoms with Gasteiger partial charge in [-0.3, -0.25) is 14.9 Å². The van der Waals surface area contributed by atoms with Crippen molar-refractivity contribution >= 4 is 24.0 Å². The number of carbonyl (C=O) groups is 1. The number of amides is 1. The standard InChI is InChI=1S/C20H23N3O5.ClH/c1-27-19-9-16(7-8-18(19)23(25)26)28-13-20(24)22-11-15(10-21)17(12-22)14-5-3-2-4-6-14;/h2-9,15,17H,10-13,21H2,1H3;1H/t15-,17+;/m1./s1. The molecule has 1 saturated heterocycles. The lowest BCUT2D eigenvalue weighted by atomic mass is 9.89. The molecule has 0 bridgehead atoms. The smallest absolute Gasteiger partial charge is 0.311 e. The van der Waals surface area contributed by atoms with Crippen LogP contribution in [0.2, 0.25) is 0 Å². The molecule has 9 heteroatoms. The highest BCUT2D eigenvalue weighted by molar-refractivity contribution is 5.85. The number of nitro groups is 1. The molecule has 0 aromatic heterocycles. The predicted molar refractivity (Wildman–Crippen MR) is 111 cm³/mol. The zero-order chi connectivity index (χ0) is 20.1. The quantitative estimate of drug-likeness (QED) is 0.543. The minimum absolute atomic E-state index is 0. The number of nitro benzene ring substituents is 1. The molecule has 2 aromatic carbocycles. The number of carbonyl (C=O) groups excluding carboxylic acids is 1. The van der Waals surface area contributed by atoms with Gasteiger partial charge in [0.15, 0.2) is 6.61 Å². The Balaban J connectivity index is 0.00000300. The minimum Gasteiger partial charge on any atom is -0.490 e. The zero-order valence-corrected chi connectivity index (χ0v) is 16.8. The van der Waals surface area contributed by atoms with Crippen LogP contribution in [0.25, 0.3) is 0 Å². The van der Waals surface area contributed by atoms with Gasteiger partial charge in [-0.25, -0.2) is 0 Å². The Morgan fingerprint density at radius 3 is 2.59 bits per heavy atom. The molecule has 1 aliphatic heterocycles. The summed E-state index contributed by atoms with van der Waals surface area (Å²) < 4.78 is 10.6. The van der Waals surface area contributed by atoms with E-state index in [-0.39, 0.29) is 48.2 Å². The molecule has 1 heterocycles. The second kappa shape index (κ2) is 10.1. The first-order valence-electron chi connectivity index (χ1n) is 9.01. The Kier molecular flexibility index (Phi) is 7.81. The van der Waals surface area contributed by atoms with Crippen molar-refractivity contribution in [2.24, 2.45) is 11.7 Å². The van der Waals surface area contributed by atoms with Crippen LogP contribution in [0.4, 0.5) is 5.69 Å². The van der Waals surface area contributed by atoms with Crippen molar-refractivity contribution < 1.29 is 19.2 Å². The van der Waals surface area contributed by atoms with Crippen molar-refractivity contribution in [3.05, 3.63) is 64.2 Å². The van der Waals surface area contributed by atoms with E-state index in [1.165, 1.54) is 30.9 Å². The summed E-state index contributed by atoms with van der Waals surface area (Å²) in [6, 6.07) is 14.2. The lowest BCUT2D eigenvalue weighted by Gasteiger charge is -2.17. The fourth-order valence-electron chi connectivity index (χ4n) is 3.53. The van der Waals surface area contributed by atoms with Crippen LogP contribution in [0.3, 0.4) is 0 Å². The SMILES string of the molecule is COc1cc(OCC(=O)N2C[C@@H](CN)[C@H](c3ccccc3)C2)ccc1[N+](=O)[O-].Cl. The van der Waals surface area contributed by atoms with E-state index in [1.54, 1.807) is 4.90 Å². The largest absolute Gasteiger partial charge is 0.490 e. The summed E-state index contributed by atoms with van der Waals surface area (Å²) >= 11 is 0. The van der Waals surface area contributed by atoms with Gasteiger partial charge in [0.05, 0.1) is 12.0 Å². The van der Waals surface area contributed by atoms with Crippen molar-refractivity contribution in [2.45, 2.75) is 5.92 Å². The summed E-state index contributed by atoms with van der Waals surface area (Å²) in [5, 5.41) is 11.0. The third-order valence-corrected chi connectivity index (χ3v) is 5.03. The van der Waals surface area contributed by atoms with E-state index in [2.05, 4.69) is 12.1 Å². The van der Waals surface area contributed by atoms with Crippen LogP contribution in [-0.2, 0) is 4.79 Å². The first-order valence-corrected chi connectivity index (χ1v) is 9.01. The first kappa shape index (κ1) is 22.4. The maximum absolute atomic E-state index is 12.6. The number of benzene rings is 2. The second-order valence-electron chi connectivity index (χ2n) is 6.69. The van der Waals surface area contributed by atoms with Gasteiger partial charge in [0.25, 0.3) is 5.91 Å². The molecule has 1 aliphatic rings. The van der Waals surface area contributed by atoms with Crippen LogP contribution >= 0.6 is 12.4 Å². The molecule has 0 unspecified atom stereocenters. The molecule has 8 nitrogen and oxygen atoms in total. The lowest BCUT2D eigenvalue weighted by Crippen LogP contribution is -2.33. The summed E-state index contributed by atoms with van der Waals surface area (Å²) in [4.78, 5) is 24.8. The molecule has 156 valence electrons. The predicted octanol–water partition coefficient (Wildman–Crippen LogP) is 2.60. The van der Waals surface area contributed by atoms with Gasteiger partial charge in [0.1, 0.15) is 5.75 Å². The average molecular weight is 422 g/mol. The maximum Gasteiger partial charge on any atom is 0.311 e. The zero-order valence-electron chi connectivity index (χ0n) is 16.0. The molecule has 0 saturated carbocycles. The molecule has 2 atom stereocenters. The normalized spacial score (nSPS) is 18.1. The molecule has 3 rings (SSSR count). The Morgan fingerprint density at radius 2 is 1.97 bits per heavy atom. The third kappa shape index (κ3) is 5.16. The van der Waals surface area contributed by atoms with Gasteiger partial charge in [-0.2, -0.15) is 0 Å². The van der Waals surface area contributed by atoms with E-state index in [1.807, 2.05) is 18.2 Å². The van der Waals surface area contributed by atoms with Crippen molar-refractivity contribution in [3.8, 4) is 11.5 Å². The van der Waals surface area contributed by atoms with Gasteiger partial charge < -0.3 is 20.1 Å². The van der Waals surface area contributed by atoms with Crippen molar-refractivity contribution in [3.63, 3.8) is 0 Å². The molecule has 2 N–H and O–H groups in total. The van der Waals surface area contributed by atoms with Crippen LogP contribution in [0.1, 0.15) is 11.5 Å². The highest BCUT2D eigenvalue weighted by atomic mass is 35.5. The molecule has 0 spiro atoms. The van der Waals surface area contributed by atoms with E-state index < -0.39 is 4.92 Å². The van der Waals surface area contributed by atoms with E-state index in [9.17, 15) is 14.9 Å². The number of methoxy groups -OCH3 is 1. The first-order chi connectivity index (χ1) is 13.5. The number of ether oxygens (including phenoxy) is 2. The Hall–Kier alpha value is -2.84. The maximum atomic E-state index is 12.6. The molecular weight excluding hydrogens is 398 g/mol. The number of likely N-dealkylation sites (tertiary alicyclic amines) is 1. The lowest BCUT2D eigenvalue weighted by molar-refractivity contribution is -0.385. The average Bonchev–Trinajstić information content (AvgIpc) is 3.17. The van der Waals surface area contributed by atoms with Crippen molar-refractivity contribution in [2.75, 3.05) is 33.4 Å².